The van der Waals surface area contributed by atoms with Crippen LogP contribution < -0.4 is 5.32 Å². The fourth-order valence-electron chi connectivity index (χ4n) is 1.71. The molecule has 0 unspecified atom stereocenters. The first-order valence-electron chi connectivity index (χ1n) is 5.64. The van der Waals surface area contributed by atoms with E-state index in [1.54, 1.807) is 6.92 Å². The van der Waals surface area contributed by atoms with E-state index in [2.05, 4.69) is 26.4 Å². The topological polar surface area (TPSA) is 55.1 Å². The lowest BCUT2D eigenvalue weighted by Crippen LogP contribution is -2.14. The Bertz CT molecular complexity index is 578. The van der Waals surface area contributed by atoms with Gasteiger partial charge in [0.1, 0.15) is 11.3 Å². The predicted octanol–water partition coefficient (Wildman–Crippen LogP) is 3.56. The molecule has 0 aliphatic rings. The molecule has 1 N–H and O–H groups in total. The second-order valence-electron chi connectivity index (χ2n) is 3.88. The summed E-state index contributed by atoms with van der Waals surface area (Å²) in [5.41, 5.74) is 1.87. The SMILES string of the molecule is CCc1onc(C)c1C(=O)Nc1cccc(Br)c1. The molecule has 0 spiro atoms. The van der Waals surface area contributed by atoms with Crippen LogP contribution in [-0.4, -0.2) is 11.1 Å². The molecule has 0 saturated carbocycles. The molecule has 0 aliphatic carbocycles. The van der Waals surface area contributed by atoms with Crippen LogP contribution in [0.4, 0.5) is 5.69 Å². The first-order chi connectivity index (χ1) is 8.61. The lowest BCUT2D eigenvalue weighted by Gasteiger charge is -2.05. The van der Waals surface area contributed by atoms with E-state index in [0.29, 0.717) is 23.4 Å². The van der Waals surface area contributed by atoms with E-state index in [9.17, 15) is 4.79 Å². The molecule has 1 aromatic carbocycles. The van der Waals surface area contributed by atoms with Crippen LogP contribution in [0.5, 0.6) is 0 Å². The molecule has 2 aromatic rings. The van der Waals surface area contributed by atoms with Crippen LogP contribution in [0, 0.1) is 6.92 Å². The number of carbonyl (C=O) groups excluding carboxylic acids is 1. The standard InChI is InChI=1S/C13H13BrN2O2/c1-3-11-12(8(2)16-18-11)13(17)15-10-6-4-5-9(14)7-10/h4-7H,3H2,1-2H3,(H,15,17). The van der Waals surface area contributed by atoms with Gasteiger partial charge in [0, 0.05) is 16.6 Å². The summed E-state index contributed by atoms with van der Waals surface area (Å²) >= 11 is 3.36. The van der Waals surface area contributed by atoms with Crippen LogP contribution in [0.3, 0.4) is 0 Å². The van der Waals surface area contributed by atoms with Gasteiger partial charge >= 0.3 is 0 Å². The molecule has 18 heavy (non-hydrogen) atoms. The molecule has 4 nitrogen and oxygen atoms in total. The normalized spacial score (nSPS) is 10.4. The molecular formula is C13H13BrN2O2. The van der Waals surface area contributed by atoms with E-state index in [0.717, 1.165) is 10.2 Å². The molecule has 94 valence electrons. The van der Waals surface area contributed by atoms with Gasteiger partial charge in [-0.25, -0.2) is 0 Å². The Morgan fingerprint density at radius 2 is 2.28 bits per heavy atom. The molecule has 1 heterocycles. The van der Waals surface area contributed by atoms with Crippen LogP contribution in [0.15, 0.2) is 33.3 Å². The number of hydrogen-bond donors (Lipinski definition) is 1. The number of aromatic nitrogens is 1. The van der Waals surface area contributed by atoms with Crippen molar-refractivity contribution < 1.29 is 9.32 Å². The zero-order chi connectivity index (χ0) is 13.1. The van der Waals surface area contributed by atoms with E-state index < -0.39 is 0 Å². The molecule has 2 rings (SSSR count). The molecule has 0 atom stereocenters. The summed E-state index contributed by atoms with van der Waals surface area (Å²) in [7, 11) is 0. The van der Waals surface area contributed by atoms with Crippen LogP contribution >= 0.6 is 15.9 Å². The molecule has 0 radical (unpaired) electrons. The number of amides is 1. The van der Waals surface area contributed by atoms with Crippen LogP contribution in [-0.2, 0) is 6.42 Å². The van der Waals surface area contributed by atoms with Crippen LogP contribution in [0.1, 0.15) is 28.7 Å². The number of anilines is 1. The molecule has 1 amide bonds. The molecule has 0 bridgehead atoms. The van der Waals surface area contributed by atoms with Gasteiger partial charge in [0.05, 0.1) is 5.69 Å². The molecule has 0 aliphatic heterocycles. The Morgan fingerprint density at radius 3 is 2.94 bits per heavy atom. The average molecular weight is 309 g/mol. The number of rotatable bonds is 3. The van der Waals surface area contributed by atoms with Crippen molar-refractivity contribution in [2.24, 2.45) is 0 Å². The number of halogens is 1. The lowest BCUT2D eigenvalue weighted by atomic mass is 10.1. The van der Waals surface area contributed by atoms with E-state index in [1.165, 1.54) is 0 Å². The third-order valence-electron chi connectivity index (χ3n) is 2.56. The summed E-state index contributed by atoms with van der Waals surface area (Å²) in [6.07, 6.45) is 0.641. The number of aryl methyl sites for hydroxylation is 2. The highest BCUT2D eigenvalue weighted by atomic mass is 79.9. The van der Waals surface area contributed by atoms with Gasteiger partial charge in [0.25, 0.3) is 5.91 Å². The van der Waals surface area contributed by atoms with Crippen LogP contribution in [0.25, 0.3) is 0 Å². The Labute approximate surface area is 113 Å². The van der Waals surface area contributed by atoms with Crippen molar-refractivity contribution in [2.75, 3.05) is 5.32 Å². The molecule has 5 heteroatoms. The third kappa shape index (κ3) is 2.61. The Balaban J connectivity index is 2.24. The minimum atomic E-state index is -0.191. The van der Waals surface area contributed by atoms with E-state index >= 15 is 0 Å². The first kappa shape index (κ1) is 12.8. The van der Waals surface area contributed by atoms with Crippen molar-refractivity contribution in [3.63, 3.8) is 0 Å². The molecule has 0 fully saturated rings. The number of nitrogens with zero attached hydrogens (tertiary/aromatic N) is 1. The number of nitrogens with one attached hydrogen (secondary N) is 1. The van der Waals surface area contributed by atoms with Gasteiger partial charge in [-0.05, 0) is 25.1 Å². The summed E-state index contributed by atoms with van der Waals surface area (Å²) < 4.78 is 6.02. The highest BCUT2D eigenvalue weighted by molar-refractivity contribution is 9.10. The highest BCUT2D eigenvalue weighted by Crippen LogP contribution is 2.19. The monoisotopic (exact) mass is 308 g/mol. The van der Waals surface area contributed by atoms with Gasteiger partial charge in [-0.2, -0.15) is 0 Å². The second kappa shape index (κ2) is 5.35. The number of hydrogen-bond acceptors (Lipinski definition) is 3. The zero-order valence-corrected chi connectivity index (χ0v) is 11.7. The Kier molecular flexibility index (Phi) is 3.81. The second-order valence-corrected chi connectivity index (χ2v) is 4.80. The largest absolute Gasteiger partial charge is 0.360 e. The summed E-state index contributed by atoms with van der Waals surface area (Å²) in [6.45, 7) is 3.69. The summed E-state index contributed by atoms with van der Waals surface area (Å²) in [6, 6.07) is 7.43. The molecule has 1 aromatic heterocycles. The van der Waals surface area contributed by atoms with Crippen molar-refractivity contribution >= 4 is 27.5 Å². The summed E-state index contributed by atoms with van der Waals surface area (Å²) in [5, 5.41) is 6.65. The van der Waals surface area contributed by atoms with Crippen molar-refractivity contribution in [3.8, 4) is 0 Å². The minimum Gasteiger partial charge on any atom is -0.360 e. The fraction of sp³-hybridized carbons (Fsp3) is 0.231. The van der Waals surface area contributed by atoms with E-state index in [1.807, 2.05) is 31.2 Å². The van der Waals surface area contributed by atoms with Gasteiger partial charge in [-0.15, -0.1) is 0 Å². The van der Waals surface area contributed by atoms with Gasteiger partial charge < -0.3 is 9.84 Å². The maximum Gasteiger partial charge on any atom is 0.261 e. The Hall–Kier alpha value is -1.62. The maximum absolute atomic E-state index is 12.2. The minimum absolute atomic E-state index is 0.191. The van der Waals surface area contributed by atoms with E-state index in [-0.39, 0.29) is 5.91 Å². The number of carbonyl (C=O) groups is 1. The zero-order valence-electron chi connectivity index (χ0n) is 10.2. The van der Waals surface area contributed by atoms with Crippen LogP contribution in [0.2, 0.25) is 0 Å². The molecule has 0 saturated heterocycles. The lowest BCUT2D eigenvalue weighted by molar-refractivity contribution is 0.102. The fourth-order valence-corrected chi connectivity index (χ4v) is 2.11. The number of benzene rings is 1. The Morgan fingerprint density at radius 1 is 1.50 bits per heavy atom. The average Bonchev–Trinajstić information content (AvgIpc) is 2.70. The van der Waals surface area contributed by atoms with Crippen molar-refractivity contribution in [2.45, 2.75) is 20.3 Å². The van der Waals surface area contributed by atoms with Crippen molar-refractivity contribution in [3.05, 3.63) is 45.8 Å². The predicted molar refractivity (Wildman–Crippen MR) is 72.7 cm³/mol. The first-order valence-corrected chi connectivity index (χ1v) is 6.43. The van der Waals surface area contributed by atoms with Gasteiger partial charge in [-0.1, -0.05) is 34.1 Å². The van der Waals surface area contributed by atoms with E-state index in [4.69, 9.17) is 4.52 Å². The maximum atomic E-state index is 12.2. The quantitative estimate of drug-likeness (QED) is 0.943. The van der Waals surface area contributed by atoms with Gasteiger partial charge in [0.15, 0.2) is 0 Å². The summed E-state index contributed by atoms with van der Waals surface area (Å²) in [5.74, 6) is 0.420. The third-order valence-corrected chi connectivity index (χ3v) is 3.06. The van der Waals surface area contributed by atoms with Gasteiger partial charge in [0.2, 0.25) is 0 Å². The smallest absolute Gasteiger partial charge is 0.261 e. The van der Waals surface area contributed by atoms with Crippen molar-refractivity contribution in [1.29, 1.82) is 0 Å². The molecular weight excluding hydrogens is 296 g/mol. The van der Waals surface area contributed by atoms with Gasteiger partial charge in [-0.3, -0.25) is 4.79 Å². The van der Waals surface area contributed by atoms with Crippen molar-refractivity contribution in [1.82, 2.24) is 5.16 Å². The highest BCUT2D eigenvalue weighted by Gasteiger charge is 2.19. The summed E-state index contributed by atoms with van der Waals surface area (Å²) in [4.78, 5) is 12.2.